The molecular weight excluding hydrogens is 364 g/mol. The quantitative estimate of drug-likeness (QED) is 0.689. The van der Waals surface area contributed by atoms with E-state index in [-0.39, 0.29) is 11.2 Å². The summed E-state index contributed by atoms with van der Waals surface area (Å²) in [5.74, 6) is 0.0701. The van der Waals surface area contributed by atoms with Crippen LogP contribution in [-0.4, -0.2) is 28.2 Å². The van der Waals surface area contributed by atoms with Gasteiger partial charge in [0.05, 0.1) is 0 Å². The third kappa shape index (κ3) is 4.76. The molecule has 0 saturated heterocycles. The molecule has 1 amide bonds. The van der Waals surface area contributed by atoms with Crippen LogP contribution in [0, 0.1) is 0 Å². The molecule has 2 aliphatic carbocycles. The first-order chi connectivity index (χ1) is 12.8. The van der Waals surface area contributed by atoms with E-state index in [0.29, 0.717) is 12.1 Å². The van der Waals surface area contributed by atoms with E-state index in [1.807, 2.05) is 30.3 Å². The monoisotopic (exact) mass is 388 g/mol. The highest BCUT2D eigenvalue weighted by Gasteiger charge is 2.30. The van der Waals surface area contributed by atoms with Gasteiger partial charge in [-0.15, -0.1) is 10.2 Å². The zero-order valence-electron chi connectivity index (χ0n) is 14.7. The highest BCUT2D eigenvalue weighted by Crippen LogP contribution is 2.39. The summed E-state index contributed by atoms with van der Waals surface area (Å²) in [6.07, 6.45) is 8.50. The number of carbonyl (C=O) groups is 1. The summed E-state index contributed by atoms with van der Waals surface area (Å²) in [6.45, 7) is 0. The zero-order valence-corrected chi connectivity index (χ0v) is 16.3. The second-order valence-electron chi connectivity index (χ2n) is 7.04. The number of aromatic nitrogens is 2. The van der Waals surface area contributed by atoms with Gasteiger partial charge in [-0.2, -0.15) is 0 Å². The van der Waals surface area contributed by atoms with Gasteiger partial charge in [0.25, 0.3) is 0 Å². The Labute approximate surface area is 162 Å². The van der Waals surface area contributed by atoms with Crippen LogP contribution < -0.4 is 10.6 Å². The lowest BCUT2D eigenvalue weighted by molar-refractivity contribution is -0.120. The number of anilines is 1. The van der Waals surface area contributed by atoms with E-state index in [9.17, 15) is 4.79 Å². The van der Waals surface area contributed by atoms with Crippen LogP contribution in [0.3, 0.4) is 0 Å². The fourth-order valence-electron chi connectivity index (χ4n) is 3.24. The molecule has 26 heavy (non-hydrogen) atoms. The van der Waals surface area contributed by atoms with Crippen LogP contribution in [0.25, 0.3) is 0 Å². The minimum Gasteiger partial charge on any atom is -0.357 e. The molecule has 1 aromatic heterocycles. The van der Waals surface area contributed by atoms with Gasteiger partial charge in [-0.25, -0.2) is 0 Å². The van der Waals surface area contributed by atoms with Crippen molar-refractivity contribution in [2.24, 2.45) is 0 Å². The smallest absolute Gasteiger partial charge is 0.238 e. The maximum atomic E-state index is 12.7. The second-order valence-corrected chi connectivity index (χ2v) is 9.37. The van der Waals surface area contributed by atoms with Crippen molar-refractivity contribution in [1.82, 2.24) is 15.5 Å². The molecule has 0 unspecified atom stereocenters. The molecule has 1 heterocycles. The Balaban J connectivity index is 1.44. The third-order valence-corrected chi connectivity index (χ3v) is 7.02. The Hall–Kier alpha value is -1.60. The summed E-state index contributed by atoms with van der Waals surface area (Å²) in [4.78, 5) is 12.7. The van der Waals surface area contributed by atoms with Gasteiger partial charge >= 0.3 is 0 Å². The highest BCUT2D eigenvalue weighted by molar-refractivity contribution is 8.01. The van der Waals surface area contributed by atoms with Crippen LogP contribution in [0.1, 0.15) is 55.8 Å². The Morgan fingerprint density at radius 3 is 2.54 bits per heavy atom. The number of hydrogen-bond acceptors (Lipinski definition) is 6. The van der Waals surface area contributed by atoms with E-state index in [2.05, 4.69) is 20.8 Å². The van der Waals surface area contributed by atoms with Crippen molar-refractivity contribution in [1.29, 1.82) is 0 Å². The number of thioether (sulfide) groups is 1. The van der Waals surface area contributed by atoms with Crippen LogP contribution in [0.4, 0.5) is 5.13 Å². The fraction of sp³-hybridized carbons (Fsp3) is 0.526. The molecule has 1 aromatic carbocycles. The fourth-order valence-corrected chi connectivity index (χ4v) is 5.27. The SMILES string of the molecule is O=C(NC1CC1)[C@H](Sc1nnc(NC2CCCCC2)s1)c1ccccc1. The predicted octanol–water partition coefficient (Wildman–Crippen LogP) is 4.39. The van der Waals surface area contributed by atoms with Crippen molar-refractivity contribution in [3.8, 4) is 0 Å². The standard InChI is InChI=1S/C19H24N4OS2/c24-17(20-15-11-12-15)16(13-7-3-1-4-8-13)25-19-23-22-18(26-19)21-14-9-5-2-6-10-14/h1,3-4,7-8,14-16H,2,5-6,9-12H2,(H,20,24)(H,21,22)/t16-/m1/s1. The van der Waals surface area contributed by atoms with E-state index in [0.717, 1.165) is 27.9 Å². The summed E-state index contributed by atoms with van der Waals surface area (Å²) in [7, 11) is 0. The van der Waals surface area contributed by atoms with Crippen LogP contribution in [0.2, 0.25) is 0 Å². The highest BCUT2D eigenvalue weighted by atomic mass is 32.2. The summed E-state index contributed by atoms with van der Waals surface area (Å²) >= 11 is 3.05. The molecule has 138 valence electrons. The molecule has 0 bridgehead atoms. The third-order valence-electron chi connectivity index (χ3n) is 4.82. The van der Waals surface area contributed by atoms with Gasteiger partial charge in [0.2, 0.25) is 11.0 Å². The summed E-state index contributed by atoms with van der Waals surface area (Å²) in [6, 6.07) is 10.8. The molecule has 2 aromatic rings. The Kier molecular flexibility index (Phi) is 5.75. The minimum atomic E-state index is -0.285. The van der Waals surface area contributed by atoms with Crippen molar-refractivity contribution in [2.45, 2.75) is 66.6 Å². The van der Waals surface area contributed by atoms with E-state index in [1.54, 1.807) is 11.3 Å². The van der Waals surface area contributed by atoms with Gasteiger partial charge in [0.1, 0.15) is 5.25 Å². The minimum absolute atomic E-state index is 0.0701. The second kappa shape index (κ2) is 8.39. The summed E-state index contributed by atoms with van der Waals surface area (Å²) in [5.41, 5.74) is 1.01. The normalized spacial score (nSPS) is 19.1. The van der Waals surface area contributed by atoms with Gasteiger partial charge in [0, 0.05) is 12.1 Å². The first kappa shape index (κ1) is 17.8. The maximum Gasteiger partial charge on any atom is 0.238 e. The van der Waals surface area contributed by atoms with Crippen LogP contribution in [0.5, 0.6) is 0 Å². The molecule has 7 heteroatoms. The Morgan fingerprint density at radius 2 is 1.81 bits per heavy atom. The lowest BCUT2D eigenvalue weighted by Gasteiger charge is -2.21. The molecule has 0 aliphatic heterocycles. The number of carbonyl (C=O) groups excluding carboxylic acids is 1. The van der Waals surface area contributed by atoms with Crippen molar-refractivity contribution < 1.29 is 4.79 Å². The number of nitrogens with zero attached hydrogens (tertiary/aromatic N) is 2. The van der Waals surface area contributed by atoms with Gasteiger partial charge in [0.15, 0.2) is 4.34 Å². The van der Waals surface area contributed by atoms with Gasteiger partial charge in [-0.05, 0) is 31.2 Å². The average molecular weight is 389 g/mol. The lowest BCUT2D eigenvalue weighted by atomic mass is 9.96. The number of hydrogen-bond donors (Lipinski definition) is 2. The molecule has 2 aliphatic rings. The average Bonchev–Trinajstić information content (AvgIpc) is 3.38. The molecule has 2 saturated carbocycles. The van der Waals surface area contributed by atoms with Crippen molar-refractivity contribution >= 4 is 34.1 Å². The molecule has 1 atom stereocenters. The molecule has 2 fully saturated rings. The van der Waals surface area contributed by atoms with Gasteiger partial charge < -0.3 is 10.6 Å². The van der Waals surface area contributed by atoms with E-state index < -0.39 is 0 Å². The van der Waals surface area contributed by atoms with Crippen LogP contribution >= 0.6 is 23.1 Å². The largest absolute Gasteiger partial charge is 0.357 e. The van der Waals surface area contributed by atoms with E-state index in [4.69, 9.17) is 0 Å². The van der Waals surface area contributed by atoms with E-state index >= 15 is 0 Å². The first-order valence-corrected chi connectivity index (χ1v) is 11.1. The summed E-state index contributed by atoms with van der Waals surface area (Å²) < 4.78 is 0.836. The molecule has 0 radical (unpaired) electrons. The Morgan fingerprint density at radius 1 is 1.04 bits per heavy atom. The number of nitrogens with one attached hydrogen (secondary N) is 2. The van der Waals surface area contributed by atoms with Crippen molar-refractivity contribution in [3.05, 3.63) is 35.9 Å². The van der Waals surface area contributed by atoms with Crippen molar-refractivity contribution in [3.63, 3.8) is 0 Å². The molecule has 4 rings (SSSR count). The van der Waals surface area contributed by atoms with E-state index in [1.165, 1.54) is 43.9 Å². The first-order valence-electron chi connectivity index (χ1n) is 9.40. The molecule has 0 spiro atoms. The van der Waals surface area contributed by atoms with Crippen molar-refractivity contribution in [2.75, 3.05) is 5.32 Å². The number of rotatable bonds is 7. The number of benzene rings is 1. The topological polar surface area (TPSA) is 66.9 Å². The Bertz CT molecular complexity index is 726. The lowest BCUT2D eigenvalue weighted by Crippen LogP contribution is -2.29. The maximum absolute atomic E-state index is 12.7. The molecule has 2 N–H and O–H groups in total. The van der Waals surface area contributed by atoms with Crippen LogP contribution in [-0.2, 0) is 4.79 Å². The van der Waals surface area contributed by atoms with Crippen LogP contribution in [0.15, 0.2) is 34.7 Å². The zero-order chi connectivity index (χ0) is 17.8. The summed E-state index contributed by atoms with van der Waals surface area (Å²) in [5, 5.41) is 15.8. The van der Waals surface area contributed by atoms with Gasteiger partial charge in [-0.3, -0.25) is 4.79 Å². The molecular formula is C19H24N4OS2. The number of amides is 1. The van der Waals surface area contributed by atoms with Gasteiger partial charge in [-0.1, -0.05) is 72.7 Å². The predicted molar refractivity (Wildman–Crippen MR) is 107 cm³/mol. The molecule has 5 nitrogen and oxygen atoms in total.